The second kappa shape index (κ2) is 7.52. The predicted octanol–water partition coefficient (Wildman–Crippen LogP) is 2.50. The Kier molecular flexibility index (Phi) is 5.43. The van der Waals surface area contributed by atoms with E-state index in [0.717, 1.165) is 5.56 Å². The van der Waals surface area contributed by atoms with E-state index in [1.165, 1.54) is 18.2 Å². The molecule has 0 aliphatic rings. The first-order valence-electron chi connectivity index (χ1n) is 6.54. The van der Waals surface area contributed by atoms with Crippen molar-refractivity contribution >= 4 is 5.91 Å². The van der Waals surface area contributed by atoms with Gasteiger partial charge in [-0.05, 0) is 11.6 Å². The predicted molar refractivity (Wildman–Crippen MR) is 75.4 cm³/mol. The first-order valence-corrected chi connectivity index (χ1v) is 6.54. The van der Waals surface area contributed by atoms with Crippen LogP contribution in [0.5, 0.6) is 0 Å². The molecule has 0 saturated carbocycles. The lowest BCUT2D eigenvalue weighted by Crippen LogP contribution is -2.25. The second-order valence-electron chi connectivity index (χ2n) is 4.54. The standard InChI is InChI=1S/C16H16FNO3/c17-14-9-5-4-8-13(14)15(19)10-16(20)18-21-11-12-6-2-1-3-7-12/h1-9,15,19H,10-11H2,(H,18,20)/t15-/m0/s1. The average Bonchev–Trinajstić information content (AvgIpc) is 2.48. The summed E-state index contributed by atoms with van der Waals surface area (Å²) in [5.74, 6) is -1.05. The van der Waals surface area contributed by atoms with Gasteiger partial charge in [-0.1, -0.05) is 48.5 Å². The number of rotatable bonds is 6. The number of amides is 1. The van der Waals surface area contributed by atoms with Crippen molar-refractivity contribution in [2.24, 2.45) is 0 Å². The molecule has 4 nitrogen and oxygen atoms in total. The number of nitrogens with one attached hydrogen (secondary N) is 1. The summed E-state index contributed by atoms with van der Waals surface area (Å²) in [5, 5.41) is 9.83. The van der Waals surface area contributed by atoms with E-state index in [-0.39, 0.29) is 18.6 Å². The summed E-state index contributed by atoms with van der Waals surface area (Å²) in [4.78, 5) is 16.7. The summed E-state index contributed by atoms with van der Waals surface area (Å²) < 4.78 is 13.4. The highest BCUT2D eigenvalue weighted by Crippen LogP contribution is 2.19. The molecule has 5 heteroatoms. The number of hydrogen-bond donors (Lipinski definition) is 2. The fraction of sp³-hybridized carbons (Fsp3) is 0.188. The van der Waals surface area contributed by atoms with Crippen LogP contribution < -0.4 is 5.48 Å². The molecule has 2 N–H and O–H groups in total. The Balaban J connectivity index is 1.78. The third-order valence-corrected chi connectivity index (χ3v) is 2.91. The summed E-state index contributed by atoms with van der Waals surface area (Å²) in [5.41, 5.74) is 3.23. The maximum atomic E-state index is 13.4. The molecular formula is C16H16FNO3. The largest absolute Gasteiger partial charge is 0.388 e. The van der Waals surface area contributed by atoms with Crippen molar-refractivity contribution in [3.05, 3.63) is 71.5 Å². The van der Waals surface area contributed by atoms with Crippen molar-refractivity contribution in [2.75, 3.05) is 0 Å². The Bertz CT molecular complexity index is 589. The molecule has 0 aromatic heterocycles. The number of carbonyl (C=O) groups is 1. The molecule has 21 heavy (non-hydrogen) atoms. The molecule has 0 unspecified atom stereocenters. The lowest BCUT2D eigenvalue weighted by Gasteiger charge is -2.12. The number of aliphatic hydroxyl groups excluding tert-OH is 1. The average molecular weight is 289 g/mol. The van der Waals surface area contributed by atoms with Crippen LogP contribution in [0.25, 0.3) is 0 Å². The Morgan fingerprint density at radius 1 is 1.14 bits per heavy atom. The van der Waals surface area contributed by atoms with Crippen LogP contribution in [0, 0.1) is 5.82 Å². The molecule has 0 radical (unpaired) electrons. The Hall–Kier alpha value is -2.24. The number of hydroxylamine groups is 1. The zero-order valence-corrected chi connectivity index (χ0v) is 11.3. The van der Waals surface area contributed by atoms with Gasteiger partial charge in [0.15, 0.2) is 0 Å². The van der Waals surface area contributed by atoms with Gasteiger partial charge in [0.25, 0.3) is 0 Å². The molecule has 0 aliphatic carbocycles. The molecule has 0 fully saturated rings. The van der Waals surface area contributed by atoms with Gasteiger partial charge in [-0.15, -0.1) is 0 Å². The molecule has 0 aliphatic heterocycles. The van der Waals surface area contributed by atoms with E-state index in [0.29, 0.717) is 0 Å². The van der Waals surface area contributed by atoms with Gasteiger partial charge in [0.1, 0.15) is 5.82 Å². The first-order chi connectivity index (χ1) is 10.2. The van der Waals surface area contributed by atoms with Gasteiger partial charge in [0, 0.05) is 5.56 Å². The highest BCUT2D eigenvalue weighted by Gasteiger charge is 2.16. The maximum Gasteiger partial charge on any atom is 0.246 e. The lowest BCUT2D eigenvalue weighted by molar-refractivity contribution is -0.136. The van der Waals surface area contributed by atoms with E-state index in [9.17, 15) is 14.3 Å². The smallest absolute Gasteiger partial charge is 0.246 e. The molecule has 1 amide bonds. The van der Waals surface area contributed by atoms with Crippen molar-refractivity contribution in [1.82, 2.24) is 5.48 Å². The van der Waals surface area contributed by atoms with Gasteiger partial charge in [-0.25, -0.2) is 9.87 Å². The van der Waals surface area contributed by atoms with E-state index in [2.05, 4.69) is 5.48 Å². The number of halogens is 1. The van der Waals surface area contributed by atoms with Gasteiger partial charge < -0.3 is 5.11 Å². The first kappa shape index (κ1) is 15.2. The molecule has 0 heterocycles. The van der Waals surface area contributed by atoms with Crippen LogP contribution in [0.4, 0.5) is 4.39 Å². The van der Waals surface area contributed by atoms with Crippen molar-refractivity contribution < 1.29 is 19.1 Å². The van der Waals surface area contributed by atoms with E-state index < -0.39 is 17.8 Å². The summed E-state index contributed by atoms with van der Waals surface area (Å²) >= 11 is 0. The minimum atomic E-state index is -1.20. The molecule has 0 saturated heterocycles. The minimum absolute atomic E-state index is 0.0932. The van der Waals surface area contributed by atoms with Crippen molar-refractivity contribution in [1.29, 1.82) is 0 Å². The highest BCUT2D eigenvalue weighted by molar-refractivity contribution is 5.75. The third-order valence-electron chi connectivity index (χ3n) is 2.91. The number of aliphatic hydroxyl groups is 1. The number of carbonyl (C=O) groups excluding carboxylic acids is 1. The van der Waals surface area contributed by atoms with Gasteiger partial charge in [-0.2, -0.15) is 0 Å². The second-order valence-corrected chi connectivity index (χ2v) is 4.54. The normalized spacial score (nSPS) is 11.9. The monoisotopic (exact) mass is 289 g/mol. The lowest BCUT2D eigenvalue weighted by atomic mass is 10.1. The van der Waals surface area contributed by atoms with Crippen LogP contribution in [-0.2, 0) is 16.2 Å². The van der Waals surface area contributed by atoms with Crippen LogP contribution in [-0.4, -0.2) is 11.0 Å². The maximum absolute atomic E-state index is 13.4. The van der Waals surface area contributed by atoms with Gasteiger partial charge >= 0.3 is 0 Å². The molecule has 0 spiro atoms. The molecule has 110 valence electrons. The Labute approximate surface area is 122 Å². The molecular weight excluding hydrogens is 273 g/mol. The molecule has 2 aromatic carbocycles. The minimum Gasteiger partial charge on any atom is -0.388 e. The van der Waals surface area contributed by atoms with Crippen LogP contribution >= 0.6 is 0 Å². The summed E-state index contributed by atoms with van der Waals surface area (Å²) in [6, 6.07) is 15.1. The van der Waals surface area contributed by atoms with E-state index in [1.807, 2.05) is 30.3 Å². The zero-order valence-electron chi connectivity index (χ0n) is 11.3. The van der Waals surface area contributed by atoms with Crippen LogP contribution in [0.2, 0.25) is 0 Å². The number of benzene rings is 2. The van der Waals surface area contributed by atoms with Crippen LogP contribution in [0.1, 0.15) is 23.7 Å². The quantitative estimate of drug-likeness (QED) is 0.803. The molecule has 2 rings (SSSR count). The van der Waals surface area contributed by atoms with Gasteiger partial charge in [-0.3, -0.25) is 9.63 Å². The van der Waals surface area contributed by atoms with E-state index in [1.54, 1.807) is 6.07 Å². The van der Waals surface area contributed by atoms with Gasteiger partial charge in [0.05, 0.1) is 19.1 Å². The Morgan fingerprint density at radius 3 is 2.52 bits per heavy atom. The van der Waals surface area contributed by atoms with Crippen molar-refractivity contribution in [3.8, 4) is 0 Å². The van der Waals surface area contributed by atoms with Crippen molar-refractivity contribution in [2.45, 2.75) is 19.1 Å². The fourth-order valence-corrected chi connectivity index (χ4v) is 1.85. The van der Waals surface area contributed by atoms with Crippen LogP contribution in [0.15, 0.2) is 54.6 Å². The molecule has 2 aromatic rings. The SMILES string of the molecule is O=C(C[C@H](O)c1ccccc1F)NOCc1ccccc1. The summed E-state index contributed by atoms with van der Waals surface area (Å²) in [6.45, 7) is 0.225. The zero-order chi connectivity index (χ0) is 15.1. The van der Waals surface area contributed by atoms with E-state index in [4.69, 9.17) is 4.84 Å². The molecule has 1 atom stereocenters. The number of hydrogen-bond acceptors (Lipinski definition) is 3. The molecule has 0 bridgehead atoms. The topological polar surface area (TPSA) is 58.6 Å². The van der Waals surface area contributed by atoms with Gasteiger partial charge in [0.2, 0.25) is 5.91 Å². The van der Waals surface area contributed by atoms with Crippen molar-refractivity contribution in [3.63, 3.8) is 0 Å². The van der Waals surface area contributed by atoms with Crippen LogP contribution in [0.3, 0.4) is 0 Å². The van der Waals surface area contributed by atoms with E-state index >= 15 is 0 Å². The third kappa shape index (κ3) is 4.66. The highest BCUT2D eigenvalue weighted by atomic mass is 19.1. The fourth-order valence-electron chi connectivity index (χ4n) is 1.85. The summed E-state index contributed by atoms with van der Waals surface area (Å²) in [6.07, 6.45) is -1.47. The Morgan fingerprint density at radius 2 is 1.81 bits per heavy atom. The summed E-state index contributed by atoms with van der Waals surface area (Å²) in [7, 11) is 0.